The number of sulfone groups is 2. The summed E-state index contributed by atoms with van der Waals surface area (Å²) in [7, 11) is -7.49. The lowest BCUT2D eigenvalue weighted by Gasteiger charge is -2.22. The van der Waals surface area contributed by atoms with Gasteiger partial charge in [-0.05, 0) is 86.1 Å². The van der Waals surface area contributed by atoms with E-state index >= 15 is 0 Å². The number of amides is 4. The molecule has 18 heteroatoms. The van der Waals surface area contributed by atoms with Gasteiger partial charge in [0.1, 0.15) is 21.3 Å². The lowest BCUT2D eigenvalue weighted by molar-refractivity contribution is 0.243. The van der Waals surface area contributed by atoms with E-state index in [-0.39, 0.29) is 69.7 Å². The number of carbonyl (C=O) groups is 2. The van der Waals surface area contributed by atoms with Crippen LogP contribution in [-0.2, 0) is 32.5 Å². The SMILES string of the molecule is C.C.CCS(=O)(=O)c1c(Cl)ccc(NC(=O)N[C@@H]2CCCc3ccoc32)c1O.CCS(=O)(=O)c1c(Cl)ccc(NC(=O)N[C@H]2CCCc3ccoc32)c1O. The number of fused-ring (bicyclic) bond motifs is 2. The van der Waals surface area contributed by atoms with E-state index in [2.05, 4.69) is 21.3 Å². The topological polar surface area (TPSA) is 217 Å². The lowest BCUT2D eigenvalue weighted by Crippen LogP contribution is -2.34. The number of benzene rings is 2. The van der Waals surface area contributed by atoms with Gasteiger partial charge in [-0.15, -0.1) is 0 Å². The number of halogens is 2. The van der Waals surface area contributed by atoms with Crippen LogP contribution in [0.5, 0.6) is 11.5 Å². The van der Waals surface area contributed by atoms with E-state index in [0.717, 1.165) is 61.2 Å². The Labute approximate surface area is 325 Å². The number of aromatic hydroxyl groups is 2. The number of furan rings is 2. The molecule has 0 saturated heterocycles. The van der Waals surface area contributed by atoms with Crippen molar-refractivity contribution in [3.05, 3.63) is 81.6 Å². The highest BCUT2D eigenvalue weighted by atomic mass is 35.5. The van der Waals surface area contributed by atoms with Crippen molar-refractivity contribution in [3.8, 4) is 11.5 Å². The van der Waals surface area contributed by atoms with E-state index in [4.69, 9.17) is 32.0 Å². The van der Waals surface area contributed by atoms with Crippen LogP contribution in [0.4, 0.5) is 21.0 Å². The molecule has 4 amide bonds. The second kappa shape index (κ2) is 18.3. The standard InChI is InChI=1S/2C17H19ClN2O5S.2CH4/c2*1-2-26(23,24)16-11(18)6-7-12(14(16)21)19-17(22)20-13-5-3-4-10-8-9-25-15(10)13;;/h2*6-9,13,21H,2-5H2,1H3,(H2,19,20,22);2*1H4/t2*13-;;/m10../s1. The number of aryl methyl sites for hydroxylation is 2. The summed E-state index contributed by atoms with van der Waals surface area (Å²) in [5, 5.41) is 30.9. The van der Waals surface area contributed by atoms with Gasteiger partial charge in [-0.3, -0.25) is 0 Å². The van der Waals surface area contributed by atoms with Gasteiger partial charge in [-0.25, -0.2) is 26.4 Å². The van der Waals surface area contributed by atoms with E-state index in [9.17, 15) is 36.6 Å². The van der Waals surface area contributed by atoms with Crippen LogP contribution in [0.3, 0.4) is 0 Å². The van der Waals surface area contributed by atoms with Crippen LogP contribution in [0.15, 0.2) is 67.5 Å². The summed E-state index contributed by atoms with van der Waals surface area (Å²) in [5.41, 5.74) is 2.06. The maximum absolute atomic E-state index is 12.3. The molecule has 4 aromatic rings. The van der Waals surface area contributed by atoms with Crippen molar-refractivity contribution in [2.75, 3.05) is 22.1 Å². The fourth-order valence-electron chi connectivity index (χ4n) is 6.06. The van der Waals surface area contributed by atoms with Crippen LogP contribution in [0.2, 0.25) is 10.0 Å². The Balaban J connectivity index is 0.000000280. The zero-order valence-corrected chi connectivity index (χ0v) is 31.3. The van der Waals surface area contributed by atoms with Crippen molar-refractivity contribution >= 4 is 66.3 Å². The number of hydrogen-bond acceptors (Lipinski definition) is 10. The number of anilines is 2. The minimum atomic E-state index is -3.75. The molecule has 14 nitrogen and oxygen atoms in total. The summed E-state index contributed by atoms with van der Waals surface area (Å²) in [6.45, 7) is 2.89. The molecular formula is C36H46Cl2N4O10S2. The fourth-order valence-corrected chi connectivity index (χ4v) is 9.19. The van der Waals surface area contributed by atoms with Gasteiger partial charge in [-0.2, -0.15) is 0 Å². The molecule has 0 unspecified atom stereocenters. The zero-order chi connectivity index (χ0) is 37.8. The van der Waals surface area contributed by atoms with E-state index < -0.39 is 43.2 Å². The third-order valence-electron chi connectivity index (χ3n) is 8.73. The number of nitrogens with one attached hydrogen (secondary N) is 4. The number of urea groups is 2. The minimum Gasteiger partial charge on any atom is -0.504 e. The molecule has 2 atom stereocenters. The van der Waals surface area contributed by atoms with Crippen molar-refractivity contribution in [3.63, 3.8) is 0 Å². The van der Waals surface area contributed by atoms with Crippen molar-refractivity contribution in [1.29, 1.82) is 0 Å². The normalized spacial score (nSPS) is 16.1. The molecule has 0 fully saturated rings. The molecule has 296 valence electrons. The van der Waals surface area contributed by atoms with Gasteiger partial charge < -0.3 is 40.3 Å². The first-order valence-electron chi connectivity index (χ1n) is 16.4. The quantitative estimate of drug-likeness (QED) is 0.0930. The second-order valence-electron chi connectivity index (χ2n) is 12.1. The number of phenols is 2. The molecule has 6 rings (SSSR count). The summed E-state index contributed by atoms with van der Waals surface area (Å²) in [4.78, 5) is 23.9. The molecule has 2 aliphatic carbocycles. The summed E-state index contributed by atoms with van der Waals surface area (Å²) >= 11 is 11.8. The second-order valence-corrected chi connectivity index (χ2v) is 17.3. The van der Waals surface area contributed by atoms with Gasteiger partial charge in [0.05, 0.1) is 57.5 Å². The van der Waals surface area contributed by atoms with Gasteiger partial charge in [0.25, 0.3) is 0 Å². The van der Waals surface area contributed by atoms with E-state index in [1.807, 2.05) is 12.1 Å². The van der Waals surface area contributed by atoms with Gasteiger partial charge in [0.2, 0.25) is 0 Å². The average molecular weight is 830 g/mol. The van der Waals surface area contributed by atoms with Crippen LogP contribution in [0.25, 0.3) is 0 Å². The Bertz CT molecular complexity index is 2030. The van der Waals surface area contributed by atoms with Gasteiger partial charge >= 0.3 is 12.1 Å². The highest BCUT2D eigenvalue weighted by Crippen LogP contribution is 2.39. The summed E-state index contributed by atoms with van der Waals surface area (Å²) < 4.78 is 59.4. The van der Waals surface area contributed by atoms with Crippen LogP contribution in [-0.4, -0.2) is 50.6 Å². The predicted molar refractivity (Wildman–Crippen MR) is 208 cm³/mol. The maximum atomic E-state index is 12.3. The summed E-state index contributed by atoms with van der Waals surface area (Å²) in [5.74, 6) is -0.144. The van der Waals surface area contributed by atoms with E-state index in [0.29, 0.717) is 0 Å². The predicted octanol–water partition coefficient (Wildman–Crippen LogP) is 8.53. The summed E-state index contributed by atoms with van der Waals surface area (Å²) in [6, 6.07) is 7.42. The molecule has 2 heterocycles. The molecule has 6 N–H and O–H groups in total. The molecule has 54 heavy (non-hydrogen) atoms. The Morgan fingerprint density at radius 2 is 1.06 bits per heavy atom. The highest BCUT2D eigenvalue weighted by Gasteiger charge is 2.29. The minimum absolute atomic E-state index is 0. The van der Waals surface area contributed by atoms with Gasteiger partial charge in [-0.1, -0.05) is 51.9 Å². The maximum Gasteiger partial charge on any atom is 0.319 e. The van der Waals surface area contributed by atoms with Gasteiger partial charge in [0.15, 0.2) is 31.2 Å². The zero-order valence-electron chi connectivity index (χ0n) is 28.2. The first-order chi connectivity index (χ1) is 24.7. The third-order valence-corrected chi connectivity index (χ3v) is 13.2. The molecule has 2 aliphatic rings. The van der Waals surface area contributed by atoms with Crippen LogP contribution < -0.4 is 21.3 Å². The molecule has 0 aliphatic heterocycles. The Morgan fingerprint density at radius 3 is 1.41 bits per heavy atom. The third kappa shape index (κ3) is 9.64. The number of hydrogen-bond donors (Lipinski definition) is 6. The highest BCUT2D eigenvalue weighted by molar-refractivity contribution is 7.91. The molecule has 2 aromatic heterocycles. The van der Waals surface area contributed by atoms with Crippen LogP contribution in [0.1, 0.15) is 89.1 Å². The molecular weight excluding hydrogens is 783 g/mol. The van der Waals surface area contributed by atoms with Crippen molar-refractivity contribution in [1.82, 2.24) is 10.6 Å². The average Bonchev–Trinajstić information content (AvgIpc) is 3.79. The van der Waals surface area contributed by atoms with Crippen molar-refractivity contribution < 1.29 is 45.5 Å². The molecule has 0 bridgehead atoms. The fraction of sp³-hybridized carbons (Fsp3) is 0.389. The Kier molecular flexibility index (Phi) is 14.9. The van der Waals surface area contributed by atoms with Crippen LogP contribution >= 0.6 is 23.2 Å². The number of phenolic OH excluding ortho intramolecular Hbond substituents is 2. The first kappa shape index (κ1) is 44.0. The molecule has 0 saturated carbocycles. The summed E-state index contributed by atoms with van der Waals surface area (Å²) in [6.07, 6.45) is 8.30. The number of carbonyl (C=O) groups excluding carboxylic acids is 2. The number of rotatable bonds is 8. The monoisotopic (exact) mass is 828 g/mol. The molecule has 0 radical (unpaired) electrons. The van der Waals surface area contributed by atoms with E-state index in [1.54, 1.807) is 12.5 Å². The van der Waals surface area contributed by atoms with Crippen molar-refractivity contribution in [2.45, 2.75) is 89.1 Å². The smallest absolute Gasteiger partial charge is 0.319 e. The van der Waals surface area contributed by atoms with Crippen LogP contribution in [0, 0.1) is 0 Å². The van der Waals surface area contributed by atoms with E-state index in [1.165, 1.54) is 38.1 Å². The Morgan fingerprint density at radius 1 is 0.685 bits per heavy atom. The molecule has 0 spiro atoms. The lowest BCUT2D eigenvalue weighted by atomic mass is 9.94. The van der Waals surface area contributed by atoms with Crippen molar-refractivity contribution in [2.24, 2.45) is 0 Å². The van der Waals surface area contributed by atoms with Gasteiger partial charge in [0, 0.05) is 0 Å². The Hall–Kier alpha value is -4.38. The first-order valence-corrected chi connectivity index (χ1v) is 20.5. The largest absolute Gasteiger partial charge is 0.504 e. The molecule has 2 aromatic carbocycles.